The Morgan fingerprint density at radius 3 is 2.48 bits per heavy atom. The summed E-state index contributed by atoms with van der Waals surface area (Å²) in [4.78, 5) is 2.49. The predicted octanol–water partition coefficient (Wildman–Crippen LogP) is 4.85. The lowest BCUT2D eigenvalue weighted by molar-refractivity contribution is 0.726. The van der Waals surface area contributed by atoms with E-state index in [0.29, 0.717) is 5.82 Å². The average Bonchev–Trinajstić information content (AvgIpc) is 3.02. The lowest BCUT2D eigenvalue weighted by Crippen LogP contribution is -2.23. The van der Waals surface area contributed by atoms with Crippen molar-refractivity contribution in [2.24, 2.45) is 5.10 Å². The van der Waals surface area contributed by atoms with E-state index in [-0.39, 0.29) is 0 Å². The average molecular weight is 359 g/mol. The Labute approximate surface area is 160 Å². The van der Waals surface area contributed by atoms with Gasteiger partial charge in [-0.05, 0) is 37.5 Å². The molecule has 0 radical (unpaired) electrons. The van der Waals surface area contributed by atoms with Crippen molar-refractivity contribution in [3.8, 4) is 0 Å². The maximum Gasteiger partial charge on any atom is 0.176 e. The molecule has 0 amide bonds. The molecular weight excluding hydrogens is 334 g/mol. The van der Waals surface area contributed by atoms with Crippen molar-refractivity contribution in [3.05, 3.63) is 60.3 Å². The zero-order valence-corrected chi connectivity index (χ0v) is 15.7. The summed E-state index contributed by atoms with van der Waals surface area (Å²) in [5.74, 6) is 0.675. The van der Waals surface area contributed by atoms with E-state index in [2.05, 4.69) is 49.9 Å². The van der Waals surface area contributed by atoms with Crippen LogP contribution in [0.3, 0.4) is 0 Å². The highest BCUT2D eigenvalue weighted by molar-refractivity contribution is 6.00. The minimum absolute atomic E-state index is 0.675. The Hall–Kier alpha value is -2.95. The number of hydrogen-bond acceptors (Lipinski definition) is 5. The highest BCUT2D eigenvalue weighted by Gasteiger charge is 2.10. The first-order chi connectivity index (χ1) is 13.3. The van der Waals surface area contributed by atoms with Crippen LogP contribution in [0.15, 0.2) is 59.8 Å². The van der Waals surface area contributed by atoms with Gasteiger partial charge in [0.25, 0.3) is 0 Å². The Morgan fingerprint density at radius 1 is 0.963 bits per heavy atom. The van der Waals surface area contributed by atoms with Crippen molar-refractivity contribution in [2.75, 3.05) is 23.4 Å². The number of fused-ring (bicyclic) bond motifs is 1. The van der Waals surface area contributed by atoms with Gasteiger partial charge in [-0.15, -0.1) is 5.10 Å². The number of hydrogen-bond donors (Lipinski definition) is 1. The zero-order valence-electron chi connectivity index (χ0n) is 15.7. The molecule has 2 heterocycles. The number of anilines is 2. The molecule has 0 atom stereocenters. The van der Waals surface area contributed by atoms with Gasteiger partial charge in [0.2, 0.25) is 0 Å². The maximum absolute atomic E-state index is 4.52. The fourth-order valence-corrected chi connectivity index (χ4v) is 3.55. The number of nitrogens with one attached hydrogen (secondary N) is 1. The van der Waals surface area contributed by atoms with Crippen LogP contribution in [0.4, 0.5) is 11.5 Å². The van der Waals surface area contributed by atoms with Crippen LogP contribution in [0, 0.1) is 0 Å². The van der Waals surface area contributed by atoms with Crippen LogP contribution in [-0.2, 0) is 0 Å². The summed E-state index contributed by atoms with van der Waals surface area (Å²) in [7, 11) is 0. The molecule has 1 N–H and O–H groups in total. The van der Waals surface area contributed by atoms with Gasteiger partial charge in [-0.2, -0.15) is 10.2 Å². The zero-order chi connectivity index (χ0) is 18.5. The molecule has 1 aliphatic heterocycles. The van der Waals surface area contributed by atoms with Crippen molar-refractivity contribution in [3.63, 3.8) is 0 Å². The van der Waals surface area contributed by atoms with Crippen LogP contribution < -0.4 is 10.3 Å². The molecule has 27 heavy (non-hydrogen) atoms. The molecule has 5 nitrogen and oxygen atoms in total. The van der Waals surface area contributed by atoms with Crippen molar-refractivity contribution >= 4 is 28.0 Å². The van der Waals surface area contributed by atoms with Gasteiger partial charge in [0.15, 0.2) is 5.82 Å². The summed E-state index contributed by atoms with van der Waals surface area (Å²) in [6.45, 7) is 4.33. The number of aromatic nitrogens is 2. The third-order valence-electron chi connectivity index (χ3n) is 5.16. The molecule has 138 valence electrons. The molecule has 0 bridgehead atoms. The molecule has 1 fully saturated rings. The lowest BCUT2D eigenvalue weighted by atomic mass is 10.1. The van der Waals surface area contributed by atoms with Gasteiger partial charge < -0.3 is 4.90 Å². The molecule has 5 heteroatoms. The van der Waals surface area contributed by atoms with Crippen molar-refractivity contribution < 1.29 is 0 Å². The summed E-state index contributed by atoms with van der Waals surface area (Å²) in [5.41, 5.74) is 6.41. The molecule has 0 spiro atoms. The number of rotatable bonds is 4. The van der Waals surface area contributed by atoms with E-state index in [4.69, 9.17) is 0 Å². The van der Waals surface area contributed by atoms with E-state index in [1.165, 1.54) is 31.4 Å². The number of hydrazone groups is 1. The summed E-state index contributed by atoms with van der Waals surface area (Å²) >= 11 is 0. The Morgan fingerprint density at radius 2 is 1.70 bits per heavy atom. The SMILES string of the molecule is C/C(=N/Nc1nncc2ccccc12)c1ccc(N2CCCCCC2)cc1. The van der Waals surface area contributed by atoms with Gasteiger partial charge in [-0.3, -0.25) is 5.43 Å². The second kappa shape index (κ2) is 8.16. The molecule has 3 aromatic rings. The second-order valence-electron chi connectivity index (χ2n) is 7.04. The summed E-state index contributed by atoms with van der Waals surface area (Å²) in [6, 6.07) is 16.7. The van der Waals surface area contributed by atoms with Gasteiger partial charge in [-0.1, -0.05) is 49.2 Å². The Bertz CT molecular complexity index is 920. The first kappa shape index (κ1) is 17.5. The van der Waals surface area contributed by atoms with Gasteiger partial charge in [0.05, 0.1) is 11.9 Å². The van der Waals surface area contributed by atoms with E-state index >= 15 is 0 Å². The van der Waals surface area contributed by atoms with Crippen molar-refractivity contribution in [1.82, 2.24) is 10.2 Å². The molecule has 1 aliphatic rings. The molecule has 0 aliphatic carbocycles. The third-order valence-corrected chi connectivity index (χ3v) is 5.16. The molecule has 0 saturated carbocycles. The Balaban J connectivity index is 1.49. The van der Waals surface area contributed by atoms with Crippen molar-refractivity contribution in [2.45, 2.75) is 32.6 Å². The van der Waals surface area contributed by atoms with E-state index in [0.717, 1.165) is 35.1 Å². The molecule has 1 saturated heterocycles. The summed E-state index contributed by atoms with van der Waals surface area (Å²) < 4.78 is 0. The van der Waals surface area contributed by atoms with Crippen LogP contribution in [0.5, 0.6) is 0 Å². The van der Waals surface area contributed by atoms with Crippen LogP contribution in [0.25, 0.3) is 10.8 Å². The van der Waals surface area contributed by atoms with Gasteiger partial charge in [0, 0.05) is 29.5 Å². The highest BCUT2D eigenvalue weighted by Crippen LogP contribution is 2.21. The second-order valence-corrected chi connectivity index (χ2v) is 7.04. The normalized spacial score (nSPS) is 15.6. The summed E-state index contributed by atoms with van der Waals surface area (Å²) in [6.07, 6.45) is 7.04. The molecular formula is C22H25N5. The molecule has 4 rings (SSSR count). The van der Waals surface area contributed by atoms with Crippen molar-refractivity contribution in [1.29, 1.82) is 0 Å². The van der Waals surface area contributed by atoms with Gasteiger partial charge in [-0.25, -0.2) is 0 Å². The maximum atomic E-state index is 4.52. The van der Waals surface area contributed by atoms with E-state index in [1.54, 1.807) is 6.20 Å². The lowest BCUT2D eigenvalue weighted by Gasteiger charge is -2.22. The minimum atomic E-state index is 0.675. The fraction of sp³-hybridized carbons (Fsp3) is 0.318. The van der Waals surface area contributed by atoms with Crippen LogP contribution in [-0.4, -0.2) is 29.0 Å². The van der Waals surface area contributed by atoms with Crippen LogP contribution in [0.1, 0.15) is 38.2 Å². The first-order valence-electron chi connectivity index (χ1n) is 9.67. The van der Waals surface area contributed by atoms with Gasteiger partial charge >= 0.3 is 0 Å². The topological polar surface area (TPSA) is 53.4 Å². The van der Waals surface area contributed by atoms with E-state index in [1.807, 2.05) is 31.2 Å². The monoisotopic (exact) mass is 359 g/mol. The van der Waals surface area contributed by atoms with Crippen LogP contribution >= 0.6 is 0 Å². The summed E-state index contributed by atoms with van der Waals surface area (Å²) in [5, 5.41) is 14.8. The van der Waals surface area contributed by atoms with E-state index in [9.17, 15) is 0 Å². The standard InChI is InChI=1S/C22H25N5/c1-17(24-26-22-21-9-5-4-8-19(21)16-23-25-22)18-10-12-20(13-11-18)27-14-6-2-3-7-15-27/h4-5,8-13,16H,2-3,6-7,14-15H2,1H3,(H,25,26)/b24-17-. The van der Waals surface area contributed by atoms with E-state index < -0.39 is 0 Å². The largest absolute Gasteiger partial charge is 0.372 e. The smallest absolute Gasteiger partial charge is 0.176 e. The number of nitrogens with zero attached hydrogens (tertiary/aromatic N) is 4. The highest BCUT2D eigenvalue weighted by atomic mass is 15.3. The minimum Gasteiger partial charge on any atom is -0.372 e. The molecule has 1 aromatic heterocycles. The Kier molecular flexibility index (Phi) is 5.28. The number of benzene rings is 2. The van der Waals surface area contributed by atoms with Gasteiger partial charge in [0.1, 0.15) is 0 Å². The van der Waals surface area contributed by atoms with Crippen LogP contribution in [0.2, 0.25) is 0 Å². The third kappa shape index (κ3) is 4.08. The quantitative estimate of drug-likeness (QED) is 0.535. The fourth-order valence-electron chi connectivity index (χ4n) is 3.55. The molecule has 2 aromatic carbocycles. The molecule has 0 unspecified atom stereocenters. The predicted molar refractivity (Wildman–Crippen MR) is 112 cm³/mol. The first-order valence-corrected chi connectivity index (χ1v) is 9.67.